The number of fused-ring (bicyclic) bond motifs is 6. The molecule has 202 valence electrons. The van der Waals surface area contributed by atoms with Crippen LogP contribution in [0.5, 0.6) is 0 Å². The van der Waals surface area contributed by atoms with Gasteiger partial charge in [-0.1, -0.05) is 103 Å². The predicted molar refractivity (Wildman–Crippen MR) is 175 cm³/mol. The number of imidazole rings is 1. The maximum absolute atomic E-state index is 5.44. The van der Waals surface area contributed by atoms with Crippen molar-refractivity contribution in [3.8, 4) is 28.6 Å². The van der Waals surface area contributed by atoms with Crippen LogP contribution in [0.15, 0.2) is 152 Å². The maximum atomic E-state index is 5.44. The SMILES string of the molecule is c1ccc(-c2cnc(-n3c4ccccc4c4nc5c(cc43)c3ccccc3n5-c3ccccc3)n2-c2ccccc2)cc1. The molecule has 4 heterocycles. The summed E-state index contributed by atoms with van der Waals surface area (Å²) in [6.07, 6.45) is 1.98. The number of pyridine rings is 1. The van der Waals surface area contributed by atoms with Gasteiger partial charge in [-0.15, -0.1) is 0 Å². The molecule has 0 amide bonds. The molecule has 5 nitrogen and oxygen atoms in total. The van der Waals surface area contributed by atoms with Gasteiger partial charge in [0.15, 0.2) is 0 Å². The molecule has 43 heavy (non-hydrogen) atoms. The van der Waals surface area contributed by atoms with Gasteiger partial charge < -0.3 is 0 Å². The average Bonchev–Trinajstić information content (AvgIpc) is 3.75. The highest BCUT2D eigenvalue weighted by atomic mass is 15.3. The topological polar surface area (TPSA) is 40.6 Å². The molecule has 0 aliphatic heterocycles. The molecule has 0 unspecified atom stereocenters. The summed E-state index contributed by atoms with van der Waals surface area (Å²) >= 11 is 0. The van der Waals surface area contributed by atoms with Gasteiger partial charge in [0.25, 0.3) is 0 Å². The molecule has 0 aliphatic rings. The highest BCUT2D eigenvalue weighted by Crippen LogP contribution is 2.38. The Kier molecular flexibility index (Phi) is 5.13. The van der Waals surface area contributed by atoms with E-state index in [1.807, 2.05) is 18.3 Å². The summed E-state index contributed by atoms with van der Waals surface area (Å²) in [6.45, 7) is 0. The van der Waals surface area contributed by atoms with Crippen molar-refractivity contribution in [1.82, 2.24) is 23.7 Å². The monoisotopic (exact) mass is 551 g/mol. The smallest absolute Gasteiger partial charge is 0.220 e. The fraction of sp³-hybridized carbons (Fsp3) is 0. The van der Waals surface area contributed by atoms with Crippen LogP contribution in [0.2, 0.25) is 0 Å². The molecule has 0 radical (unpaired) electrons. The zero-order chi connectivity index (χ0) is 28.3. The van der Waals surface area contributed by atoms with Crippen molar-refractivity contribution in [3.05, 3.63) is 152 Å². The summed E-state index contributed by atoms with van der Waals surface area (Å²) in [6, 6.07) is 50.8. The molecule has 0 bridgehead atoms. The molecule has 0 saturated carbocycles. The van der Waals surface area contributed by atoms with Crippen LogP contribution in [0.3, 0.4) is 0 Å². The van der Waals surface area contributed by atoms with E-state index in [9.17, 15) is 0 Å². The Morgan fingerprint density at radius 1 is 0.442 bits per heavy atom. The Labute approximate surface area is 247 Å². The third-order valence-electron chi connectivity index (χ3n) is 8.31. The van der Waals surface area contributed by atoms with E-state index in [0.29, 0.717) is 0 Å². The normalized spacial score (nSPS) is 11.7. The number of benzene rings is 5. The minimum atomic E-state index is 0.823. The second-order valence-corrected chi connectivity index (χ2v) is 10.7. The van der Waals surface area contributed by atoms with E-state index in [2.05, 4.69) is 147 Å². The standard InChI is InChI=1S/C38H25N5/c1-4-14-26(15-5-1)35-25-39-38(42(35)28-18-8-3-9-19-28)43-33-23-13-11-21-30(33)36-34(43)24-31-29-20-10-12-22-32(29)41(37(31)40-36)27-16-6-2-7-17-27/h1-25H. The van der Waals surface area contributed by atoms with Gasteiger partial charge in [-0.05, 0) is 42.5 Å². The van der Waals surface area contributed by atoms with Crippen LogP contribution < -0.4 is 0 Å². The van der Waals surface area contributed by atoms with Gasteiger partial charge in [0.1, 0.15) is 5.65 Å². The molecule has 5 heteroatoms. The lowest BCUT2D eigenvalue weighted by Crippen LogP contribution is -2.06. The van der Waals surface area contributed by atoms with Crippen LogP contribution in [0.4, 0.5) is 0 Å². The van der Waals surface area contributed by atoms with Crippen molar-refractivity contribution in [3.63, 3.8) is 0 Å². The van der Waals surface area contributed by atoms with E-state index < -0.39 is 0 Å². The zero-order valence-corrected chi connectivity index (χ0v) is 23.2. The molecule has 0 spiro atoms. The quantitative estimate of drug-likeness (QED) is 0.219. The van der Waals surface area contributed by atoms with Crippen molar-refractivity contribution >= 4 is 43.9 Å². The number of aromatic nitrogens is 5. The second kappa shape index (κ2) is 9.29. The Bertz CT molecular complexity index is 2430. The first-order chi connectivity index (χ1) is 21.4. The minimum absolute atomic E-state index is 0.823. The van der Waals surface area contributed by atoms with Crippen molar-refractivity contribution in [2.45, 2.75) is 0 Å². The number of hydrogen-bond acceptors (Lipinski definition) is 2. The lowest BCUT2D eigenvalue weighted by molar-refractivity contribution is 0.941. The van der Waals surface area contributed by atoms with E-state index >= 15 is 0 Å². The number of nitrogens with zero attached hydrogens (tertiary/aromatic N) is 5. The predicted octanol–water partition coefficient (Wildman–Crippen LogP) is 9.13. The van der Waals surface area contributed by atoms with Crippen LogP contribution in [-0.4, -0.2) is 23.7 Å². The van der Waals surface area contributed by atoms with Gasteiger partial charge in [-0.3, -0.25) is 13.7 Å². The van der Waals surface area contributed by atoms with Gasteiger partial charge in [0, 0.05) is 33.1 Å². The van der Waals surface area contributed by atoms with Crippen LogP contribution in [0.25, 0.3) is 72.5 Å². The van der Waals surface area contributed by atoms with E-state index in [-0.39, 0.29) is 0 Å². The molecule has 0 fully saturated rings. The van der Waals surface area contributed by atoms with Crippen molar-refractivity contribution in [2.75, 3.05) is 0 Å². The number of para-hydroxylation sites is 4. The van der Waals surface area contributed by atoms with Crippen molar-refractivity contribution in [1.29, 1.82) is 0 Å². The van der Waals surface area contributed by atoms with Crippen LogP contribution >= 0.6 is 0 Å². The first kappa shape index (κ1) is 23.7. The Morgan fingerprint density at radius 3 is 1.70 bits per heavy atom. The summed E-state index contributed by atoms with van der Waals surface area (Å²) in [5, 5.41) is 3.37. The highest BCUT2D eigenvalue weighted by molar-refractivity contribution is 6.15. The number of rotatable bonds is 4. The Hall–Kier alpha value is -5.94. The Morgan fingerprint density at radius 2 is 1.00 bits per heavy atom. The first-order valence-corrected chi connectivity index (χ1v) is 14.4. The van der Waals surface area contributed by atoms with E-state index in [1.165, 1.54) is 5.39 Å². The molecule has 0 aliphatic carbocycles. The molecule has 9 aromatic rings. The second-order valence-electron chi connectivity index (χ2n) is 10.7. The van der Waals surface area contributed by atoms with Gasteiger partial charge in [0.05, 0.1) is 34.0 Å². The lowest BCUT2D eigenvalue weighted by atomic mass is 10.1. The van der Waals surface area contributed by atoms with Gasteiger partial charge in [-0.2, -0.15) is 0 Å². The Balaban J connectivity index is 1.42. The van der Waals surface area contributed by atoms with E-state index in [4.69, 9.17) is 9.97 Å². The summed E-state index contributed by atoms with van der Waals surface area (Å²) in [5.74, 6) is 0.823. The summed E-state index contributed by atoms with van der Waals surface area (Å²) in [4.78, 5) is 10.5. The summed E-state index contributed by atoms with van der Waals surface area (Å²) in [5.41, 5.74) is 9.40. The third-order valence-corrected chi connectivity index (χ3v) is 8.31. The van der Waals surface area contributed by atoms with Crippen LogP contribution in [0.1, 0.15) is 0 Å². The average molecular weight is 552 g/mol. The summed E-state index contributed by atoms with van der Waals surface area (Å²) in [7, 11) is 0. The van der Waals surface area contributed by atoms with Crippen molar-refractivity contribution in [2.24, 2.45) is 0 Å². The lowest BCUT2D eigenvalue weighted by Gasteiger charge is -2.14. The summed E-state index contributed by atoms with van der Waals surface area (Å²) < 4.78 is 6.79. The fourth-order valence-corrected chi connectivity index (χ4v) is 6.44. The third kappa shape index (κ3) is 3.52. The molecule has 5 aromatic carbocycles. The van der Waals surface area contributed by atoms with E-state index in [0.717, 1.165) is 67.1 Å². The molecular formula is C38H25N5. The molecule has 0 saturated heterocycles. The number of hydrogen-bond donors (Lipinski definition) is 0. The zero-order valence-electron chi connectivity index (χ0n) is 23.2. The maximum Gasteiger partial charge on any atom is 0.220 e. The van der Waals surface area contributed by atoms with Gasteiger partial charge in [0.2, 0.25) is 5.95 Å². The largest absolute Gasteiger partial charge is 0.294 e. The van der Waals surface area contributed by atoms with Crippen LogP contribution in [-0.2, 0) is 0 Å². The molecular weight excluding hydrogens is 526 g/mol. The molecule has 9 rings (SSSR count). The van der Waals surface area contributed by atoms with Crippen LogP contribution in [0, 0.1) is 0 Å². The fourth-order valence-electron chi connectivity index (χ4n) is 6.44. The van der Waals surface area contributed by atoms with Gasteiger partial charge >= 0.3 is 0 Å². The first-order valence-electron chi connectivity index (χ1n) is 14.4. The van der Waals surface area contributed by atoms with E-state index in [1.54, 1.807) is 0 Å². The van der Waals surface area contributed by atoms with Crippen molar-refractivity contribution < 1.29 is 0 Å². The molecule has 0 atom stereocenters. The molecule has 0 N–H and O–H groups in total. The minimum Gasteiger partial charge on any atom is -0.294 e. The molecule has 4 aromatic heterocycles. The highest BCUT2D eigenvalue weighted by Gasteiger charge is 2.23. The van der Waals surface area contributed by atoms with Gasteiger partial charge in [-0.25, -0.2) is 9.97 Å².